The SMILES string of the molecule is CCNC(CCS(C)(=O)=O)c1nccc2ccccc12. The van der Waals surface area contributed by atoms with Gasteiger partial charge in [-0.25, -0.2) is 8.42 Å². The molecule has 1 atom stereocenters. The van der Waals surface area contributed by atoms with E-state index in [2.05, 4.69) is 10.3 Å². The molecule has 0 radical (unpaired) electrons. The lowest BCUT2D eigenvalue weighted by atomic mass is 10.0. The Bertz CT molecular complexity index is 678. The third-order valence-electron chi connectivity index (χ3n) is 3.26. The highest BCUT2D eigenvalue weighted by atomic mass is 32.2. The zero-order valence-corrected chi connectivity index (χ0v) is 12.7. The van der Waals surface area contributed by atoms with Crippen LogP contribution in [0, 0.1) is 0 Å². The molecule has 20 heavy (non-hydrogen) atoms. The summed E-state index contributed by atoms with van der Waals surface area (Å²) < 4.78 is 22.8. The fourth-order valence-corrected chi connectivity index (χ4v) is 3.00. The summed E-state index contributed by atoms with van der Waals surface area (Å²) in [4.78, 5) is 4.47. The van der Waals surface area contributed by atoms with Crippen LogP contribution in [0.3, 0.4) is 0 Å². The van der Waals surface area contributed by atoms with Crippen LogP contribution in [0.15, 0.2) is 36.5 Å². The average Bonchev–Trinajstić information content (AvgIpc) is 2.42. The third-order valence-corrected chi connectivity index (χ3v) is 4.24. The van der Waals surface area contributed by atoms with Crippen molar-refractivity contribution in [2.75, 3.05) is 18.6 Å². The van der Waals surface area contributed by atoms with Gasteiger partial charge in [0.2, 0.25) is 0 Å². The molecule has 0 amide bonds. The van der Waals surface area contributed by atoms with E-state index in [9.17, 15) is 8.42 Å². The normalized spacial score (nSPS) is 13.5. The maximum Gasteiger partial charge on any atom is 0.147 e. The van der Waals surface area contributed by atoms with Gasteiger partial charge in [-0.1, -0.05) is 31.2 Å². The molecule has 0 saturated carbocycles. The van der Waals surface area contributed by atoms with E-state index >= 15 is 0 Å². The van der Waals surface area contributed by atoms with Gasteiger partial charge in [0, 0.05) is 17.8 Å². The van der Waals surface area contributed by atoms with Crippen LogP contribution in [0.2, 0.25) is 0 Å². The van der Waals surface area contributed by atoms with Crippen molar-refractivity contribution < 1.29 is 8.42 Å². The van der Waals surface area contributed by atoms with E-state index in [0.29, 0.717) is 6.42 Å². The predicted octanol–water partition coefficient (Wildman–Crippen LogP) is 2.32. The summed E-state index contributed by atoms with van der Waals surface area (Å²) in [6, 6.07) is 9.97. The maximum atomic E-state index is 11.4. The van der Waals surface area contributed by atoms with Crippen molar-refractivity contribution in [2.24, 2.45) is 0 Å². The molecule has 1 heterocycles. The second-order valence-corrected chi connectivity index (χ2v) is 7.21. The molecule has 0 spiro atoms. The Hall–Kier alpha value is -1.46. The van der Waals surface area contributed by atoms with E-state index < -0.39 is 9.84 Å². The Morgan fingerprint density at radius 1 is 1.25 bits per heavy atom. The lowest BCUT2D eigenvalue weighted by Crippen LogP contribution is -2.24. The van der Waals surface area contributed by atoms with Crippen LogP contribution in [0.25, 0.3) is 10.8 Å². The zero-order valence-electron chi connectivity index (χ0n) is 11.8. The molecule has 0 saturated heterocycles. The van der Waals surface area contributed by atoms with Crippen LogP contribution in [0.1, 0.15) is 25.1 Å². The molecule has 2 rings (SSSR count). The summed E-state index contributed by atoms with van der Waals surface area (Å²) in [6.07, 6.45) is 3.59. The number of benzene rings is 1. The lowest BCUT2D eigenvalue weighted by molar-refractivity contribution is 0.522. The Morgan fingerprint density at radius 3 is 2.70 bits per heavy atom. The Morgan fingerprint density at radius 2 is 2.00 bits per heavy atom. The molecule has 1 unspecified atom stereocenters. The van der Waals surface area contributed by atoms with E-state index in [1.165, 1.54) is 6.26 Å². The van der Waals surface area contributed by atoms with Crippen LogP contribution in [-0.4, -0.2) is 32.0 Å². The smallest absolute Gasteiger partial charge is 0.147 e. The molecule has 0 aliphatic carbocycles. The quantitative estimate of drug-likeness (QED) is 0.887. The van der Waals surface area contributed by atoms with E-state index in [-0.39, 0.29) is 11.8 Å². The van der Waals surface area contributed by atoms with Crippen LogP contribution in [0.5, 0.6) is 0 Å². The second-order valence-electron chi connectivity index (χ2n) is 4.95. The molecular formula is C15H20N2O2S. The first-order valence-corrected chi connectivity index (χ1v) is 8.82. The van der Waals surface area contributed by atoms with Crippen molar-refractivity contribution in [3.05, 3.63) is 42.2 Å². The largest absolute Gasteiger partial charge is 0.309 e. The minimum absolute atomic E-state index is 0.0409. The first-order chi connectivity index (χ1) is 9.51. The van der Waals surface area contributed by atoms with E-state index in [4.69, 9.17) is 0 Å². The average molecular weight is 292 g/mol. The van der Waals surface area contributed by atoms with Gasteiger partial charge in [0.25, 0.3) is 0 Å². The highest BCUT2D eigenvalue weighted by Gasteiger charge is 2.17. The van der Waals surface area contributed by atoms with Crippen LogP contribution in [-0.2, 0) is 9.84 Å². The summed E-state index contributed by atoms with van der Waals surface area (Å²) in [5.41, 5.74) is 0.925. The molecule has 0 bridgehead atoms. The number of rotatable bonds is 6. The number of pyridine rings is 1. The molecular weight excluding hydrogens is 272 g/mol. The number of hydrogen-bond acceptors (Lipinski definition) is 4. The van der Waals surface area contributed by atoms with Gasteiger partial charge >= 0.3 is 0 Å². The molecule has 2 aromatic rings. The van der Waals surface area contributed by atoms with Gasteiger partial charge in [-0.2, -0.15) is 0 Å². The molecule has 5 heteroatoms. The maximum absolute atomic E-state index is 11.4. The first-order valence-electron chi connectivity index (χ1n) is 6.76. The van der Waals surface area contributed by atoms with Crippen molar-refractivity contribution in [2.45, 2.75) is 19.4 Å². The van der Waals surface area contributed by atoms with Gasteiger partial charge in [0.1, 0.15) is 9.84 Å². The van der Waals surface area contributed by atoms with E-state index in [0.717, 1.165) is 23.0 Å². The topological polar surface area (TPSA) is 59.1 Å². The van der Waals surface area contributed by atoms with Gasteiger partial charge in [0.05, 0.1) is 17.5 Å². The van der Waals surface area contributed by atoms with Crippen LogP contribution >= 0.6 is 0 Å². The van der Waals surface area contributed by atoms with Gasteiger partial charge in [-0.15, -0.1) is 0 Å². The number of fused-ring (bicyclic) bond motifs is 1. The van der Waals surface area contributed by atoms with E-state index in [1.54, 1.807) is 6.20 Å². The second kappa shape index (κ2) is 6.33. The van der Waals surface area contributed by atoms with Gasteiger partial charge in [-0.05, 0) is 24.4 Å². The summed E-state index contributed by atoms with van der Waals surface area (Å²) in [5, 5.41) is 5.54. The summed E-state index contributed by atoms with van der Waals surface area (Å²) >= 11 is 0. The number of aromatic nitrogens is 1. The lowest BCUT2D eigenvalue weighted by Gasteiger charge is -2.18. The van der Waals surface area contributed by atoms with Crippen molar-refractivity contribution >= 4 is 20.6 Å². The molecule has 0 fully saturated rings. The van der Waals surface area contributed by atoms with Crippen molar-refractivity contribution in [3.63, 3.8) is 0 Å². The Balaban J connectivity index is 2.36. The summed E-state index contributed by atoms with van der Waals surface area (Å²) in [6.45, 7) is 2.79. The monoisotopic (exact) mass is 292 g/mol. The number of nitrogens with zero attached hydrogens (tertiary/aromatic N) is 1. The first kappa shape index (κ1) is 14.9. The number of sulfone groups is 1. The Labute approximate surface area is 120 Å². The van der Waals surface area contributed by atoms with Crippen molar-refractivity contribution in [1.82, 2.24) is 10.3 Å². The van der Waals surface area contributed by atoms with Crippen LogP contribution in [0.4, 0.5) is 0 Å². The zero-order chi connectivity index (χ0) is 14.6. The number of nitrogens with one attached hydrogen (secondary N) is 1. The van der Waals surface area contributed by atoms with E-state index in [1.807, 2.05) is 37.3 Å². The fourth-order valence-electron chi connectivity index (χ4n) is 2.33. The summed E-state index contributed by atoms with van der Waals surface area (Å²) in [5.74, 6) is 0.162. The van der Waals surface area contributed by atoms with Gasteiger partial charge < -0.3 is 5.32 Å². The fraction of sp³-hybridized carbons (Fsp3) is 0.400. The molecule has 1 N–H and O–H groups in total. The third kappa shape index (κ3) is 3.77. The highest BCUT2D eigenvalue weighted by molar-refractivity contribution is 7.90. The minimum atomic E-state index is -2.97. The van der Waals surface area contributed by atoms with Crippen molar-refractivity contribution in [3.8, 4) is 0 Å². The highest BCUT2D eigenvalue weighted by Crippen LogP contribution is 2.24. The predicted molar refractivity (Wildman–Crippen MR) is 82.5 cm³/mol. The molecule has 1 aromatic heterocycles. The summed E-state index contributed by atoms with van der Waals surface area (Å²) in [7, 11) is -2.97. The molecule has 1 aromatic carbocycles. The molecule has 0 aliphatic rings. The van der Waals surface area contributed by atoms with Gasteiger partial charge in [-0.3, -0.25) is 4.98 Å². The standard InChI is InChI=1S/C15H20N2O2S/c1-3-16-14(9-11-20(2,18)19)15-13-7-5-4-6-12(13)8-10-17-15/h4-8,10,14,16H,3,9,11H2,1-2H3. The van der Waals surface area contributed by atoms with Crippen molar-refractivity contribution in [1.29, 1.82) is 0 Å². The molecule has 0 aliphatic heterocycles. The Kier molecular flexibility index (Phi) is 4.73. The number of hydrogen-bond donors (Lipinski definition) is 1. The van der Waals surface area contributed by atoms with Crippen LogP contribution < -0.4 is 5.32 Å². The minimum Gasteiger partial charge on any atom is -0.309 e. The molecule has 108 valence electrons. The van der Waals surface area contributed by atoms with Gasteiger partial charge in [0.15, 0.2) is 0 Å². The molecule has 4 nitrogen and oxygen atoms in total.